The van der Waals surface area contributed by atoms with Gasteiger partial charge < -0.3 is 10.6 Å². The Morgan fingerprint density at radius 3 is 1.44 bits per heavy atom. The van der Waals surface area contributed by atoms with Crippen LogP contribution in [0.25, 0.3) is 32.6 Å². The number of carbonyl (C=O) groups excluding carboxylic acids is 2. The van der Waals surface area contributed by atoms with E-state index in [9.17, 15) is 35.5 Å². The van der Waals surface area contributed by atoms with Gasteiger partial charge in [0.05, 0.1) is 31.9 Å². The van der Waals surface area contributed by atoms with Crippen LogP contribution in [0.2, 0.25) is 10.0 Å². The molecule has 52 heavy (non-hydrogen) atoms. The second-order valence-corrected chi connectivity index (χ2v) is 18.8. The lowest BCUT2D eigenvalue weighted by atomic mass is 10.1. The number of hydrogen-bond acceptors (Lipinski definition) is 12. The molecule has 4 aromatic carbocycles. The van der Waals surface area contributed by atoms with Gasteiger partial charge in [0.2, 0.25) is 11.8 Å². The largest absolute Gasteiger partial charge is 0.325 e. The molecule has 0 saturated carbocycles. The van der Waals surface area contributed by atoms with E-state index in [1.165, 1.54) is 82.6 Å². The summed E-state index contributed by atoms with van der Waals surface area (Å²) in [4.78, 5) is 33.1. The van der Waals surface area contributed by atoms with Crippen molar-refractivity contribution in [2.24, 2.45) is 0 Å². The van der Waals surface area contributed by atoms with Crippen molar-refractivity contribution in [2.45, 2.75) is 18.5 Å². The Hall–Kier alpha value is -3.56. The molecule has 0 aliphatic carbocycles. The molecule has 0 spiro atoms. The molecule has 0 atom stereocenters. The number of nitrogens with one attached hydrogen (secondary N) is 2. The zero-order chi connectivity index (χ0) is 37.2. The number of hydrogen-bond donors (Lipinski definition) is 4. The summed E-state index contributed by atoms with van der Waals surface area (Å²) in [5.41, 5.74) is 1.47. The maximum atomic E-state index is 12.7. The number of anilines is 2. The first-order chi connectivity index (χ1) is 24.6. The fraction of sp³-hybridized carbons (Fsp3) is 0.0625. The number of fused-ring (bicyclic) bond motifs is 2. The fourth-order valence-corrected chi connectivity index (χ4v) is 10.1. The number of thioether (sulfide) groups is 2. The summed E-state index contributed by atoms with van der Waals surface area (Å²) in [7, 11) is -9.63. The Morgan fingerprint density at radius 2 is 1.06 bits per heavy atom. The van der Waals surface area contributed by atoms with Gasteiger partial charge in [-0.2, -0.15) is 16.8 Å². The van der Waals surface area contributed by atoms with Gasteiger partial charge in [0.25, 0.3) is 20.2 Å². The van der Waals surface area contributed by atoms with Crippen LogP contribution in [0.4, 0.5) is 11.4 Å². The number of carbonyl (C=O) groups is 2. The van der Waals surface area contributed by atoms with Gasteiger partial charge in [-0.1, -0.05) is 71.0 Å². The van der Waals surface area contributed by atoms with Crippen LogP contribution in [0, 0.1) is 0 Å². The van der Waals surface area contributed by atoms with Crippen molar-refractivity contribution in [3.63, 3.8) is 0 Å². The Morgan fingerprint density at radius 1 is 0.654 bits per heavy atom. The molecule has 2 amide bonds. The second kappa shape index (κ2) is 15.8. The average Bonchev–Trinajstić information content (AvgIpc) is 3.68. The van der Waals surface area contributed by atoms with Crippen molar-refractivity contribution >= 4 is 145 Å². The van der Waals surface area contributed by atoms with Crippen molar-refractivity contribution < 1.29 is 35.5 Å². The first-order valence-electron chi connectivity index (χ1n) is 14.5. The third-order valence-corrected chi connectivity index (χ3v) is 13.6. The summed E-state index contributed by atoms with van der Waals surface area (Å²) in [6, 6.07) is 18.1. The summed E-state index contributed by atoms with van der Waals surface area (Å²) in [5, 5.41) is 6.25. The van der Waals surface area contributed by atoms with Gasteiger partial charge in [0.15, 0.2) is 8.68 Å². The third-order valence-electron chi connectivity index (χ3n) is 6.91. The minimum atomic E-state index is -4.82. The molecule has 0 fully saturated rings. The van der Waals surface area contributed by atoms with Crippen molar-refractivity contribution in [3.05, 3.63) is 94.0 Å². The molecule has 0 saturated heterocycles. The lowest BCUT2D eigenvalue weighted by Crippen LogP contribution is -2.14. The van der Waals surface area contributed by atoms with Crippen molar-refractivity contribution in [2.75, 3.05) is 22.1 Å². The number of thiazole rings is 2. The highest BCUT2D eigenvalue weighted by atomic mass is 35.5. The molecule has 6 aromatic rings. The minimum absolute atomic E-state index is 0.0387. The van der Waals surface area contributed by atoms with Gasteiger partial charge in [-0.15, -0.1) is 22.7 Å². The number of amides is 2. The maximum absolute atomic E-state index is 12.7. The lowest BCUT2D eigenvalue weighted by molar-refractivity contribution is -0.114. The first-order valence-corrected chi connectivity index (χ1v) is 21.7. The van der Waals surface area contributed by atoms with Crippen LogP contribution >= 0.6 is 69.4 Å². The number of benzene rings is 4. The molecule has 2 aromatic heterocycles. The van der Waals surface area contributed by atoms with Crippen LogP contribution in [0.1, 0.15) is 11.1 Å². The Bertz CT molecular complexity index is 2450. The maximum Gasteiger partial charge on any atom is 0.295 e. The molecule has 20 heteroatoms. The minimum Gasteiger partial charge on any atom is -0.325 e. The van der Waals surface area contributed by atoms with E-state index in [1.54, 1.807) is 24.3 Å². The monoisotopic (exact) mass is 852 g/mol. The van der Waals surface area contributed by atoms with Crippen LogP contribution in [-0.4, -0.2) is 59.2 Å². The Labute approximate surface area is 323 Å². The van der Waals surface area contributed by atoms with Gasteiger partial charge in [0, 0.05) is 21.4 Å². The van der Waals surface area contributed by atoms with E-state index < -0.39 is 41.8 Å². The zero-order valence-electron chi connectivity index (χ0n) is 25.9. The smallest absolute Gasteiger partial charge is 0.295 e. The summed E-state index contributed by atoms with van der Waals surface area (Å²) in [5.74, 6) is -0.999. The van der Waals surface area contributed by atoms with Crippen LogP contribution in [0.5, 0.6) is 0 Å². The highest BCUT2D eigenvalue weighted by Gasteiger charge is 2.19. The quantitative estimate of drug-likeness (QED) is 0.0523. The molecule has 0 radical (unpaired) electrons. The van der Waals surface area contributed by atoms with E-state index in [2.05, 4.69) is 20.6 Å². The number of rotatable bonds is 12. The van der Waals surface area contributed by atoms with Gasteiger partial charge in [-0.25, -0.2) is 9.97 Å². The standard InChI is InChI=1S/C32H22Cl2N4O8S6/c33-19-5-9-25-23(11-19)37-31(49-25)47-15-29(39)35-21-7-3-17(27(13-21)51(41,42)43)1-2-18-4-8-22(14-28(18)52(44,45)46)36-30(40)16-48-32-38-24-12-20(34)6-10-26(24)50-32/h1-14H,15-16H2,(H,35,39)(H,36,40)(H,41,42,43)(H,44,45,46)/b2-1+. The highest BCUT2D eigenvalue weighted by Crippen LogP contribution is 2.33. The summed E-state index contributed by atoms with van der Waals surface area (Å²) >= 11 is 17.2. The van der Waals surface area contributed by atoms with Crippen molar-refractivity contribution in [1.29, 1.82) is 0 Å². The average molecular weight is 854 g/mol. The molecular formula is C32H22Cl2N4O8S6. The van der Waals surface area contributed by atoms with E-state index in [1.807, 2.05) is 12.1 Å². The summed E-state index contributed by atoms with van der Waals surface area (Å²) in [6.45, 7) is 0. The predicted molar refractivity (Wildman–Crippen MR) is 209 cm³/mol. The molecule has 6 rings (SSSR count). The van der Waals surface area contributed by atoms with E-state index in [0.717, 1.165) is 21.5 Å². The molecule has 0 aliphatic rings. The topological polar surface area (TPSA) is 193 Å². The molecule has 0 bridgehead atoms. The van der Waals surface area contributed by atoms with Crippen LogP contribution in [-0.2, 0) is 29.8 Å². The third kappa shape index (κ3) is 9.70. The molecule has 4 N–H and O–H groups in total. The van der Waals surface area contributed by atoms with Crippen LogP contribution in [0.3, 0.4) is 0 Å². The Kier molecular flexibility index (Phi) is 11.6. The van der Waals surface area contributed by atoms with E-state index in [4.69, 9.17) is 23.2 Å². The first kappa shape index (κ1) is 38.2. The summed E-state index contributed by atoms with van der Waals surface area (Å²) in [6.07, 6.45) is 2.43. The molecule has 12 nitrogen and oxygen atoms in total. The zero-order valence-corrected chi connectivity index (χ0v) is 32.4. The van der Waals surface area contributed by atoms with Gasteiger partial charge >= 0.3 is 0 Å². The number of halogens is 2. The lowest BCUT2D eigenvalue weighted by Gasteiger charge is -2.10. The number of aromatic nitrogens is 2. The highest BCUT2D eigenvalue weighted by molar-refractivity contribution is 8.02. The predicted octanol–water partition coefficient (Wildman–Crippen LogP) is 8.34. The van der Waals surface area contributed by atoms with E-state index in [0.29, 0.717) is 29.8 Å². The van der Waals surface area contributed by atoms with Gasteiger partial charge in [0.1, 0.15) is 9.79 Å². The molecule has 268 valence electrons. The summed E-state index contributed by atoms with van der Waals surface area (Å²) < 4.78 is 72.2. The second-order valence-electron chi connectivity index (χ2n) is 10.6. The van der Waals surface area contributed by atoms with Crippen molar-refractivity contribution in [3.8, 4) is 0 Å². The van der Waals surface area contributed by atoms with Crippen LogP contribution < -0.4 is 10.6 Å². The fourth-order valence-electron chi connectivity index (χ4n) is 4.66. The molecule has 0 aliphatic heterocycles. The molecule has 0 unspecified atom stereocenters. The molecular weight excluding hydrogens is 832 g/mol. The Balaban J connectivity index is 1.13. The van der Waals surface area contributed by atoms with E-state index in [-0.39, 0.29) is 34.0 Å². The number of nitrogens with zero attached hydrogens (tertiary/aromatic N) is 2. The SMILES string of the molecule is O=C(CSc1nc2cc(Cl)ccc2s1)Nc1ccc(/C=C/c2ccc(NC(=O)CSc3nc4cc(Cl)ccc4s3)cc2S(=O)(=O)O)c(S(=O)(=O)O)c1. The molecule has 2 heterocycles. The van der Waals surface area contributed by atoms with E-state index >= 15 is 0 Å². The van der Waals surface area contributed by atoms with Gasteiger partial charge in [-0.3, -0.25) is 18.7 Å². The van der Waals surface area contributed by atoms with Gasteiger partial charge in [-0.05, 0) is 71.8 Å². The van der Waals surface area contributed by atoms with Crippen LogP contribution in [0.15, 0.2) is 91.3 Å². The normalized spacial score (nSPS) is 12.2. The van der Waals surface area contributed by atoms with Crippen molar-refractivity contribution in [1.82, 2.24) is 9.97 Å².